The van der Waals surface area contributed by atoms with Crippen molar-refractivity contribution in [2.45, 2.75) is 13.0 Å². The van der Waals surface area contributed by atoms with Crippen molar-refractivity contribution in [3.8, 4) is 0 Å². The third-order valence-electron chi connectivity index (χ3n) is 2.17. The molecule has 0 bridgehead atoms. The lowest BCUT2D eigenvalue weighted by Gasteiger charge is -2.11. The zero-order chi connectivity index (χ0) is 12.3. The summed E-state index contributed by atoms with van der Waals surface area (Å²) in [7, 11) is 3.15. The lowest BCUT2D eigenvalue weighted by molar-refractivity contribution is -0.124. The molecule has 0 aromatic carbocycles. The van der Waals surface area contributed by atoms with Gasteiger partial charge in [-0.1, -0.05) is 12.2 Å². The van der Waals surface area contributed by atoms with Crippen LogP contribution in [0.2, 0.25) is 0 Å². The van der Waals surface area contributed by atoms with Crippen LogP contribution in [0.25, 0.3) is 0 Å². The minimum Gasteiger partial charge on any atom is -0.389 e. The standard InChI is InChI=1S/C9H14N4O2S/c1-5(15-3)9(14)12-8-6(7(10)16)4-11-13(8)2/h4-5H,1-3H3,(H2,10,16)(H,12,14). The van der Waals surface area contributed by atoms with E-state index in [-0.39, 0.29) is 10.9 Å². The van der Waals surface area contributed by atoms with Crippen molar-refractivity contribution < 1.29 is 9.53 Å². The van der Waals surface area contributed by atoms with Gasteiger partial charge in [-0.3, -0.25) is 9.48 Å². The molecule has 1 unspecified atom stereocenters. The van der Waals surface area contributed by atoms with E-state index in [9.17, 15) is 4.79 Å². The van der Waals surface area contributed by atoms with E-state index in [2.05, 4.69) is 10.4 Å². The fourth-order valence-corrected chi connectivity index (χ4v) is 1.24. The summed E-state index contributed by atoms with van der Waals surface area (Å²) in [5.41, 5.74) is 6.04. The topological polar surface area (TPSA) is 82.2 Å². The van der Waals surface area contributed by atoms with Gasteiger partial charge in [0.15, 0.2) is 0 Å². The van der Waals surface area contributed by atoms with Gasteiger partial charge in [-0.05, 0) is 6.92 Å². The lowest BCUT2D eigenvalue weighted by Crippen LogP contribution is -2.28. The van der Waals surface area contributed by atoms with Crippen LogP contribution in [0.1, 0.15) is 12.5 Å². The number of anilines is 1. The van der Waals surface area contributed by atoms with Gasteiger partial charge in [0.1, 0.15) is 16.9 Å². The molecule has 0 saturated heterocycles. The van der Waals surface area contributed by atoms with Gasteiger partial charge in [-0.25, -0.2) is 0 Å². The van der Waals surface area contributed by atoms with E-state index in [1.165, 1.54) is 18.0 Å². The maximum absolute atomic E-state index is 11.6. The Morgan fingerprint density at radius 3 is 2.88 bits per heavy atom. The summed E-state index contributed by atoms with van der Waals surface area (Å²) in [5, 5.41) is 6.63. The van der Waals surface area contributed by atoms with E-state index in [1.807, 2.05) is 0 Å². The van der Waals surface area contributed by atoms with Crippen molar-refractivity contribution in [1.82, 2.24) is 9.78 Å². The van der Waals surface area contributed by atoms with Crippen molar-refractivity contribution in [2.24, 2.45) is 12.8 Å². The van der Waals surface area contributed by atoms with E-state index >= 15 is 0 Å². The second-order valence-corrected chi connectivity index (χ2v) is 3.70. The molecule has 0 fully saturated rings. The van der Waals surface area contributed by atoms with Crippen LogP contribution in [0.5, 0.6) is 0 Å². The number of rotatable bonds is 4. The molecule has 16 heavy (non-hydrogen) atoms. The van der Waals surface area contributed by atoms with Crippen molar-refractivity contribution in [2.75, 3.05) is 12.4 Å². The number of carbonyl (C=O) groups excluding carboxylic acids is 1. The van der Waals surface area contributed by atoms with Crippen LogP contribution in [-0.2, 0) is 16.6 Å². The minimum atomic E-state index is -0.547. The normalized spacial score (nSPS) is 12.2. The average molecular weight is 242 g/mol. The van der Waals surface area contributed by atoms with Gasteiger partial charge in [0.2, 0.25) is 0 Å². The molecule has 88 valence electrons. The summed E-state index contributed by atoms with van der Waals surface area (Å²) in [5.74, 6) is 0.199. The third-order valence-corrected chi connectivity index (χ3v) is 2.39. The number of methoxy groups -OCH3 is 1. The first-order valence-electron chi connectivity index (χ1n) is 4.62. The maximum atomic E-state index is 11.6. The number of amides is 1. The average Bonchev–Trinajstić information content (AvgIpc) is 2.59. The van der Waals surface area contributed by atoms with Crippen LogP contribution in [0.15, 0.2) is 6.20 Å². The number of hydrogen-bond donors (Lipinski definition) is 2. The van der Waals surface area contributed by atoms with Gasteiger partial charge in [0, 0.05) is 14.2 Å². The quantitative estimate of drug-likeness (QED) is 0.728. The van der Waals surface area contributed by atoms with Gasteiger partial charge >= 0.3 is 0 Å². The summed E-state index contributed by atoms with van der Waals surface area (Å²) in [6.45, 7) is 1.64. The fraction of sp³-hybridized carbons (Fsp3) is 0.444. The number of nitrogens with two attached hydrogens (primary N) is 1. The first kappa shape index (κ1) is 12.6. The number of nitrogens with zero attached hydrogens (tertiary/aromatic N) is 2. The third kappa shape index (κ3) is 2.56. The van der Waals surface area contributed by atoms with E-state index in [1.54, 1.807) is 14.0 Å². The number of aryl methyl sites for hydroxylation is 1. The number of carbonyl (C=O) groups is 1. The van der Waals surface area contributed by atoms with Crippen LogP contribution in [0.3, 0.4) is 0 Å². The Balaban J connectivity index is 2.92. The first-order chi connectivity index (χ1) is 7.47. The maximum Gasteiger partial charge on any atom is 0.254 e. The molecule has 0 radical (unpaired) electrons. The molecule has 0 spiro atoms. The number of ether oxygens (including phenoxy) is 1. The van der Waals surface area contributed by atoms with Gasteiger partial charge in [0.25, 0.3) is 5.91 Å². The van der Waals surface area contributed by atoms with Gasteiger partial charge in [-0.2, -0.15) is 5.10 Å². The molecule has 6 nitrogen and oxygen atoms in total. The van der Waals surface area contributed by atoms with E-state index < -0.39 is 6.10 Å². The van der Waals surface area contributed by atoms with E-state index in [0.717, 1.165) is 0 Å². The molecule has 0 saturated carbocycles. The van der Waals surface area contributed by atoms with Crippen molar-refractivity contribution in [3.05, 3.63) is 11.8 Å². The summed E-state index contributed by atoms with van der Waals surface area (Å²) in [6, 6.07) is 0. The minimum absolute atomic E-state index is 0.188. The molecule has 1 aromatic heterocycles. The summed E-state index contributed by atoms with van der Waals surface area (Å²) >= 11 is 4.85. The molecule has 1 aromatic rings. The Morgan fingerprint density at radius 1 is 1.75 bits per heavy atom. The fourth-order valence-electron chi connectivity index (χ4n) is 1.09. The van der Waals surface area contributed by atoms with E-state index in [0.29, 0.717) is 11.4 Å². The Bertz CT molecular complexity index is 416. The van der Waals surface area contributed by atoms with Crippen LogP contribution in [-0.4, -0.2) is 33.9 Å². The molecule has 3 N–H and O–H groups in total. The summed E-state index contributed by atoms with van der Waals surface area (Å²) in [6.07, 6.45) is 0.962. The highest BCUT2D eigenvalue weighted by Crippen LogP contribution is 2.14. The molecule has 0 aliphatic heterocycles. The highest BCUT2D eigenvalue weighted by molar-refractivity contribution is 7.80. The number of hydrogen-bond acceptors (Lipinski definition) is 4. The largest absolute Gasteiger partial charge is 0.389 e. The summed E-state index contributed by atoms with van der Waals surface area (Å²) < 4.78 is 6.39. The van der Waals surface area contributed by atoms with Gasteiger partial charge in [-0.15, -0.1) is 0 Å². The lowest BCUT2D eigenvalue weighted by atomic mass is 10.3. The highest BCUT2D eigenvalue weighted by atomic mass is 32.1. The molecule has 1 atom stereocenters. The van der Waals surface area contributed by atoms with Crippen molar-refractivity contribution in [3.63, 3.8) is 0 Å². The number of nitrogens with one attached hydrogen (secondary N) is 1. The molecule has 0 aliphatic carbocycles. The predicted octanol–water partition coefficient (Wildman–Crippen LogP) is 0.0277. The number of thiocarbonyl (C=S) groups is 1. The van der Waals surface area contributed by atoms with Crippen LogP contribution < -0.4 is 11.1 Å². The Kier molecular flexibility index (Phi) is 3.97. The highest BCUT2D eigenvalue weighted by Gasteiger charge is 2.17. The molecular formula is C9H14N4O2S. The molecule has 1 heterocycles. The molecule has 1 amide bonds. The monoisotopic (exact) mass is 242 g/mol. The second kappa shape index (κ2) is 5.04. The Labute approximate surface area is 98.8 Å². The zero-order valence-electron chi connectivity index (χ0n) is 9.35. The van der Waals surface area contributed by atoms with Gasteiger partial charge in [0.05, 0.1) is 11.8 Å². The van der Waals surface area contributed by atoms with Crippen molar-refractivity contribution >= 4 is 28.9 Å². The van der Waals surface area contributed by atoms with Crippen LogP contribution >= 0.6 is 12.2 Å². The van der Waals surface area contributed by atoms with Crippen molar-refractivity contribution in [1.29, 1.82) is 0 Å². The Morgan fingerprint density at radius 2 is 2.38 bits per heavy atom. The Hall–Kier alpha value is -1.47. The SMILES string of the molecule is COC(C)C(=O)Nc1c(C(N)=S)cnn1C. The van der Waals surface area contributed by atoms with Crippen LogP contribution in [0, 0.1) is 0 Å². The van der Waals surface area contributed by atoms with Gasteiger partial charge < -0.3 is 15.8 Å². The molecule has 1 rings (SSSR count). The molecule has 7 heteroatoms. The summed E-state index contributed by atoms with van der Waals surface area (Å²) in [4.78, 5) is 11.8. The van der Waals surface area contributed by atoms with Crippen LogP contribution in [0.4, 0.5) is 5.82 Å². The smallest absolute Gasteiger partial charge is 0.254 e. The molecular weight excluding hydrogens is 228 g/mol. The zero-order valence-corrected chi connectivity index (χ0v) is 10.2. The van der Waals surface area contributed by atoms with E-state index in [4.69, 9.17) is 22.7 Å². The molecule has 0 aliphatic rings. The second-order valence-electron chi connectivity index (χ2n) is 3.26. The number of aromatic nitrogens is 2. The first-order valence-corrected chi connectivity index (χ1v) is 5.03. The predicted molar refractivity (Wildman–Crippen MR) is 64.2 cm³/mol.